The molecule has 3 rings (SSSR count). The maximum Gasteiger partial charge on any atom is 0.184 e. The zero-order chi connectivity index (χ0) is 14.3. The maximum atomic E-state index is 14.0. The highest BCUT2D eigenvalue weighted by Gasteiger charge is 2.17. The molecule has 0 unspecified atom stereocenters. The molecule has 0 radical (unpaired) electrons. The second kappa shape index (κ2) is 5.10. The number of nitrogens with zero attached hydrogens (tertiary/aromatic N) is 3. The summed E-state index contributed by atoms with van der Waals surface area (Å²) in [5.41, 5.74) is 1.31. The van der Waals surface area contributed by atoms with Crippen molar-refractivity contribution in [3.05, 3.63) is 45.7 Å². The first kappa shape index (κ1) is 13.5. The zero-order valence-corrected chi connectivity index (χ0v) is 12.1. The van der Waals surface area contributed by atoms with Crippen LogP contribution in [0.25, 0.3) is 11.0 Å². The lowest BCUT2D eigenvalue weighted by Gasteiger charge is -2.06. The molecule has 7 heteroatoms. The molecule has 0 aliphatic rings. The van der Waals surface area contributed by atoms with Crippen LogP contribution in [0.1, 0.15) is 16.5 Å². The molecular formula is C13H10ClF2N3S. The summed E-state index contributed by atoms with van der Waals surface area (Å²) in [6.07, 6.45) is 0. The number of hydrogen-bond acceptors (Lipinski definition) is 3. The second-order valence-electron chi connectivity index (χ2n) is 4.33. The third-order valence-electron chi connectivity index (χ3n) is 2.98. The number of halogens is 3. The molecule has 0 saturated heterocycles. The van der Waals surface area contributed by atoms with E-state index in [4.69, 9.17) is 11.6 Å². The van der Waals surface area contributed by atoms with Crippen molar-refractivity contribution in [3.8, 4) is 0 Å². The van der Waals surface area contributed by atoms with Crippen LogP contribution in [-0.4, -0.2) is 14.5 Å². The number of thiazole rings is 1. The minimum atomic E-state index is -0.904. The molecule has 0 aliphatic heterocycles. The molecule has 0 saturated carbocycles. The van der Waals surface area contributed by atoms with Gasteiger partial charge in [-0.2, -0.15) is 0 Å². The highest BCUT2D eigenvalue weighted by atomic mass is 35.5. The highest BCUT2D eigenvalue weighted by molar-refractivity contribution is 7.09. The Kier molecular flexibility index (Phi) is 3.43. The first-order valence-electron chi connectivity index (χ1n) is 5.90. The summed E-state index contributed by atoms with van der Waals surface area (Å²) in [5, 5.41) is 2.81. The predicted molar refractivity (Wildman–Crippen MR) is 75.2 cm³/mol. The molecule has 104 valence electrons. The Balaban J connectivity index is 2.19. The summed E-state index contributed by atoms with van der Waals surface area (Å²) in [6.45, 7) is 2.21. The molecule has 2 heterocycles. The van der Waals surface area contributed by atoms with Gasteiger partial charge in [-0.15, -0.1) is 22.9 Å². The zero-order valence-electron chi connectivity index (χ0n) is 10.5. The van der Waals surface area contributed by atoms with Gasteiger partial charge >= 0.3 is 0 Å². The quantitative estimate of drug-likeness (QED) is 0.687. The van der Waals surface area contributed by atoms with Crippen LogP contribution in [-0.2, 0) is 12.4 Å². The number of benzene rings is 1. The molecule has 1 aromatic carbocycles. The Hall–Kier alpha value is -1.53. The smallest absolute Gasteiger partial charge is 0.184 e. The monoisotopic (exact) mass is 313 g/mol. The number of rotatable bonds is 3. The van der Waals surface area contributed by atoms with Crippen molar-refractivity contribution in [2.24, 2.45) is 0 Å². The number of fused-ring (bicyclic) bond motifs is 1. The average Bonchev–Trinajstić information content (AvgIpc) is 2.99. The van der Waals surface area contributed by atoms with Crippen LogP contribution < -0.4 is 0 Å². The summed E-state index contributed by atoms with van der Waals surface area (Å²) in [6, 6.07) is 2.52. The fourth-order valence-corrected chi connectivity index (χ4v) is 2.93. The van der Waals surface area contributed by atoms with Crippen LogP contribution in [0.5, 0.6) is 0 Å². The van der Waals surface area contributed by atoms with Crippen molar-refractivity contribution in [2.75, 3.05) is 0 Å². The lowest BCUT2D eigenvalue weighted by molar-refractivity contribution is 0.512. The van der Waals surface area contributed by atoms with E-state index in [1.54, 1.807) is 4.57 Å². The van der Waals surface area contributed by atoms with Gasteiger partial charge in [-0.05, 0) is 19.1 Å². The van der Waals surface area contributed by atoms with Gasteiger partial charge in [0.1, 0.15) is 11.3 Å². The molecule has 0 aliphatic carbocycles. The van der Waals surface area contributed by atoms with E-state index in [2.05, 4.69) is 9.97 Å². The van der Waals surface area contributed by atoms with Crippen LogP contribution >= 0.6 is 22.9 Å². The van der Waals surface area contributed by atoms with Crippen molar-refractivity contribution >= 4 is 34.0 Å². The number of aryl methyl sites for hydroxylation is 1. The molecule has 0 bridgehead atoms. The van der Waals surface area contributed by atoms with Crippen LogP contribution in [0.15, 0.2) is 17.5 Å². The van der Waals surface area contributed by atoms with Crippen LogP contribution in [0, 0.1) is 18.6 Å². The fraction of sp³-hybridized carbons (Fsp3) is 0.231. The Morgan fingerprint density at radius 3 is 2.75 bits per heavy atom. The molecular weight excluding hydrogens is 304 g/mol. The van der Waals surface area contributed by atoms with Gasteiger partial charge < -0.3 is 4.57 Å². The van der Waals surface area contributed by atoms with E-state index >= 15 is 0 Å². The van der Waals surface area contributed by atoms with Crippen molar-refractivity contribution in [3.63, 3.8) is 0 Å². The minimum Gasteiger partial charge on any atom is -0.318 e. The van der Waals surface area contributed by atoms with Gasteiger partial charge in [0.15, 0.2) is 11.6 Å². The molecule has 0 fully saturated rings. The molecule has 0 N–H and O–H groups in total. The molecule has 0 atom stereocenters. The normalized spacial score (nSPS) is 11.4. The van der Waals surface area contributed by atoms with E-state index in [-0.39, 0.29) is 11.4 Å². The SMILES string of the molecule is Cc1nc(Cn2c(CCl)nc3ccc(F)c(F)c32)cs1. The second-order valence-corrected chi connectivity index (χ2v) is 5.66. The largest absolute Gasteiger partial charge is 0.318 e. The van der Waals surface area contributed by atoms with Crippen molar-refractivity contribution in [2.45, 2.75) is 19.3 Å². The Labute approximate surface area is 122 Å². The van der Waals surface area contributed by atoms with Crippen LogP contribution in [0.2, 0.25) is 0 Å². The van der Waals surface area contributed by atoms with E-state index in [9.17, 15) is 8.78 Å². The lowest BCUT2D eigenvalue weighted by atomic mass is 10.3. The highest BCUT2D eigenvalue weighted by Crippen LogP contribution is 2.24. The third-order valence-corrected chi connectivity index (χ3v) is 4.05. The molecule has 3 nitrogen and oxygen atoms in total. The van der Waals surface area contributed by atoms with E-state index < -0.39 is 11.6 Å². The maximum absolute atomic E-state index is 14.0. The fourth-order valence-electron chi connectivity index (χ4n) is 2.12. The third kappa shape index (κ3) is 2.19. The number of imidazole rings is 1. The molecule has 0 spiro atoms. The summed E-state index contributed by atoms with van der Waals surface area (Å²) in [7, 11) is 0. The van der Waals surface area contributed by atoms with Crippen molar-refractivity contribution in [1.82, 2.24) is 14.5 Å². The molecule has 0 amide bonds. The first-order chi connectivity index (χ1) is 9.60. The van der Waals surface area contributed by atoms with Crippen LogP contribution in [0.4, 0.5) is 8.78 Å². The Morgan fingerprint density at radius 2 is 2.10 bits per heavy atom. The Bertz CT molecular complexity index is 781. The first-order valence-corrected chi connectivity index (χ1v) is 7.31. The van der Waals surface area contributed by atoms with Gasteiger partial charge in [-0.1, -0.05) is 0 Å². The summed E-state index contributed by atoms with van der Waals surface area (Å²) in [4.78, 5) is 8.57. The predicted octanol–water partition coefficient (Wildman–Crippen LogP) is 3.87. The van der Waals surface area contributed by atoms with Gasteiger partial charge in [0.25, 0.3) is 0 Å². The van der Waals surface area contributed by atoms with Gasteiger partial charge in [0.05, 0.1) is 28.6 Å². The standard InChI is InChI=1S/C13H10ClF2N3S/c1-7-17-8(6-20-7)5-19-11(4-14)18-10-3-2-9(15)12(16)13(10)19/h2-3,6H,4-5H2,1H3. The van der Waals surface area contributed by atoms with Gasteiger partial charge in [0.2, 0.25) is 0 Å². The number of aromatic nitrogens is 3. The molecule has 2 aromatic heterocycles. The summed E-state index contributed by atoms with van der Waals surface area (Å²) >= 11 is 7.36. The minimum absolute atomic E-state index is 0.124. The van der Waals surface area contributed by atoms with E-state index in [0.717, 1.165) is 16.8 Å². The van der Waals surface area contributed by atoms with Crippen molar-refractivity contribution in [1.29, 1.82) is 0 Å². The topological polar surface area (TPSA) is 30.7 Å². The molecule has 20 heavy (non-hydrogen) atoms. The van der Waals surface area contributed by atoms with Gasteiger partial charge in [-0.3, -0.25) is 0 Å². The van der Waals surface area contributed by atoms with E-state index in [0.29, 0.717) is 17.9 Å². The van der Waals surface area contributed by atoms with E-state index in [1.165, 1.54) is 17.4 Å². The number of alkyl halides is 1. The van der Waals surface area contributed by atoms with Crippen LogP contribution in [0.3, 0.4) is 0 Å². The van der Waals surface area contributed by atoms with Crippen molar-refractivity contribution < 1.29 is 8.78 Å². The summed E-state index contributed by atoms with van der Waals surface area (Å²) in [5.74, 6) is -1.18. The van der Waals surface area contributed by atoms with E-state index in [1.807, 2.05) is 12.3 Å². The number of hydrogen-bond donors (Lipinski definition) is 0. The van der Waals surface area contributed by atoms with Gasteiger partial charge in [-0.25, -0.2) is 18.7 Å². The Morgan fingerprint density at radius 1 is 1.30 bits per heavy atom. The lowest BCUT2D eigenvalue weighted by Crippen LogP contribution is -2.05. The molecule has 3 aromatic rings. The summed E-state index contributed by atoms with van der Waals surface area (Å²) < 4.78 is 29.0. The average molecular weight is 314 g/mol. The van der Waals surface area contributed by atoms with Gasteiger partial charge in [0, 0.05) is 5.38 Å².